The van der Waals surface area contributed by atoms with Crippen molar-refractivity contribution in [3.05, 3.63) is 40.2 Å². The van der Waals surface area contributed by atoms with E-state index in [0.29, 0.717) is 4.88 Å². The van der Waals surface area contributed by atoms with E-state index < -0.39 is 0 Å². The fourth-order valence-electron chi connectivity index (χ4n) is 2.38. The van der Waals surface area contributed by atoms with Crippen molar-refractivity contribution in [2.24, 2.45) is 0 Å². The predicted molar refractivity (Wildman–Crippen MR) is 74.0 cm³/mol. The summed E-state index contributed by atoms with van der Waals surface area (Å²) in [6.45, 7) is 4.16. The molecule has 0 radical (unpaired) electrons. The molecule has 0 spiro atoms. The van der Waals surface area contributed by atoms with Crippen molar-refractivity contribution in [3.8, 4) is 0 Å². The Morgan fingerprint density at radius 1 is 1.47 bits per heavy atom. The number of ketones is 1. The van der Waals surface area contributed by atoms with Crippen LogP contribution >= 0.6 is 11.3 Å². The summed E-state index contributed by atoms with van der Waals surface area (Å²) < 4.78 is 13.4. The van der Waals surface area contributed by atoms with E-state index in [1.165, 1.54) is 23.5 Å². The molecule has 1 aromatic heterocycles. The summed E-state index contributed by atoms with van der Waals surface area (Å²) in [4.78, 5) is 18.6. The number of fused-ring (bicyclic) bond motifs is 1. The van der Waals surface area contributed by atoms with Crippen molar-refractivity contribution >= 4 is 27.9 Å². The quantitative estimate of drug-likeness (QED) is 0.787. The molecule has 0 saturated heterocycles. The average molecular weight is 276 g/mol. The van der Waals surface area contributed by atoms with Gasteiger partial charge < -0.3 is 4.90 Å². The Labute approximate surface area is 114 Å². The van der Waals surface area contributed by atoms with Crippen molar-refractivity contribution in [2.45, 2.75) is 20.3 Å². The number of rotatable bonds is 2. The van der Waals surface area contributed by atoms with Crippen LogP contribution in [0.4, 0.5) is 15.2 Å². The van der Waals surface area contributed by atoms with Gasteiger partial charge >= 0.3 is 0 Å². The van der Waals surface area contributed by atoms with Crippen LogP contribution in [0.15, 0.2) is 18.2 Å². The Hall–Kier alpha value is -1.75. The number of halogens is 1. The predicted octanol–water partition coefficient (Wildman–Crippen LogP) is 3.49. The van der Waals surface area contributed by atoms with Crippen LogP contribution in [0.1, 0.15) is 27.9 Å². The first-order valence-corrected chi connectivity index (χ1v) is 6.92. The second-order valence-corrected chi connectivity index (χ2v) is 5.62. The number of aromatic nitrogens is 1. The van der Waals surface area contributed by atoms with Crippen molar-refractivity contribution in [2.75, 3.05) is 11.4 Å². The lowest BCUT2D eigenvalue weighted by atomic mass is 10.2. The summed E-state index contributed by atoms with van der Waals surface area (Å²) in [5, 5.41) is 0.770. The van der Waals surface area contributed by atoms with Crippen molar-refractivity contribution in [3.63, 3.8) is 0 Å². The molecule has 1 aliphatic heterocycles. The minimum absolute atomic E-state index is 0.0277. The minimum Gasteiger partial charge on any atom is -0.317 e. The molecule has 0 bridgehead atoms. The lowest BCUT2D eigenvalue weighted by Crippen LogP contribution is -2.12. The number of aryl methyl sites for hydroxylation is 1. The molecule has 0 unspecified atom stereocenters. The van der Waals surface area contributed by atoms with Gasteiger partial charge in [-0.05, 0) is 31.0 Å². The van der Waals surface area contributed by atoms with Crippen LogP contribution in [0.2, 0.25) is 0 Å². The van der Waals surface area contributed by atoms with Gasteiger partial charge in [0.1, 0.15) is 5.82 Å². The highest BCUT2D eigenvalue weighted by atomic mass is 32.1. The van der Waals surface area contributed by atoms with E-state index in [1.54, 1.807) is 6.92 Å². The van der Waals surface area contributed by atoms with Crippen LogP contribution in [0.25, 0.3) is 0 Å². The summed E-state index contributed by atoms with van der Waals surface area (Å²) >= 11 is 1.38. The number of hydrogen-bond donors (Lipinski definition) is 0. The standard InChI is InChI=1S/C14H13FN2OS/c1-8-13(9(2)18)19-14(16-8)17-6-5-10-3-4-11(15)7-12(10)17/h3-4,7H,5-6H2,1-2H3. The molecule has 19 heavy (non-hydrogen) atoms. The first kappa shape index (κ1) is 12.3. The van der Waals surface area contributed by atoms with E-state index in [0.717, 1.165) is 35.0 Å². The smallest absolute Gasteiger partial charge is 0.190 e. The molecule has 1 aromatic carbocycles. The van der Waals surface area contributed by atoms with Gasteiger partial charge in [0.05, 0.1) is 10.6 Å². The zero-order chi connectivity index (χ0) is 13.6. The molecule has 3 nitrogen and oxygen atoms in total. The highest BCUT2D eigenvalue weighted by Gasteiger charge is 2.24. The summed E-state index contributed by atoms with van der Waals surface area (Å²) in [7, 11) is 0. The summed E-state index contributed by atoms with van der Waals surface area (Å²) in [5.41, 5.74) is 2.74. The van der Waals surface area contributed by atoms with E-state index in [2.05, 4.69) is 4.98 Å². The molecular weight excluding hydrogens is 263 g/mol. The van der Waals surface area contributed by atoms with Gasteiger partial charge in [-0.2, -0.15) is 0 Å². The fraction of sp³-hybridized carbons (Fsp3) is 0.286. The second-order valence-electron chi connectivity index (χ2n) is 4.64. The first-order chi connectivity index (χ1) is 9.06. The second kappa shape index (κ2) is 4.42. The molecule has 3 rings (SSSR count). The summed E-state index contributed by atoms with van der Waals surface area (Å²) in [6, 6.07) is 4.83. The summed E-state index contributed by atoms with van der Waals surface area (Å²) in [6.07, 6.45) is 0.879. The van der Waals surface area contributed by atoms with Crippen LogP contribution < -0.4 is 4.90 Å². The van der Waals surface area contributed by atoms with Crippen molar-refractivity contribution in [1.29, 1.82) is 0 Å². The topological polar surface area (TPSA) is 33.2 Å². The molecule has 2 heterocycles. The molecule has 0 aliphatic carbocycles. The number of thiazole rings is 1. The molecule has 0 saturated carbocycles. The third kappa shape index (κ3) is 2.04. The van der Waals surface area contributed by atoms with Crippen LogP contribution in [0, 0.1) is 12.7 Å². The number of hydrogen-bond acceptors (Lipinski definition) is 4. The minimum atomic E-state index is -0.245. The van der Waals surface area contributed by atoms with E-state index in [1.807, 2.05) is 17.9 Å². The fourth-order valence-corrected chi connectivity index (χ4v) is 3.38. The molecular formula is C14H13FN2OS. The first-order valence-electron chi connectivity index (χ1n) is 6.10. The molecule has 0 amide bonds. The van der Waals surface area contributed by atoms with E-state index in [9.17, 15) is 9.18 Å². The van der Waals surface area contributed by atoms with Gasteiger partial charge in [0.2, 0.25) is 0 Å². The summed E-state index contributed by atoms with van der Waals surface area (Å²) in [5.74, 6) is -0.217. The van der Waals surface area contributed by atoms with Crippen LogP contribution in [0.3, 0.4) is 0 Å². The zero-order valence-corrected chi connectivity index (χ0v) is 11.6. The third-order valence-corrected chi connectivity index (χ3v) is 4.56. The van der Waals surface area contributed by atoms with Gasteiger partial charge in [0.15, 0.2) is 10.9 Å². The Kier molecular flexibility index (Phi) is 2.86. The molecule has 5 heteroatoms. The zero-order valence-electron chi connectivity index (χ0n) is 10.7. The SMILES string of the molecule is CC(=O)c1sc(N2CCc3ccc(F)cc32)nc1C. The number of carbonyl (C=O) groups is 1. The largest absolute Gasteiger partial charge is 0.317 e. The van der Waals surface area contributed by atoms with Crippen molar-refractivity contribution in [1.82, 2.24) is 4.98 Å². The number of anilines is 2. The van der Waals surface area contributed by atoms with E-state index >= 15 is 0 Å². The van der Waals surface area contributed by atoms with Crippen LogP contribution in [-0.4, -0.2) is 17.3 Å². The Morgan fingerprint density at radius 3 is 2.95 bits per heavy atom. The monoisotopic (exact) mass is 276 g/mol. The Balaban J connectivity index is 2.04. The number of Topliss-reactive ketones (excluding diaryl/α,β-unsaturated/α-hetero) is 1. The number of benzene rings is 1. The van der Waals surface area contributed by atoms with E-state index in [4.69, 9.17) is 0 Å². The van der Waals surface area contributed by atoms with Crippen LogP contribution in [-0.2, 0) is 6.42 Å². The average Bonchev–Trinajstić information content (AvgIpc) is 2.91. The maximum atomic E-state index is 13.4. The van der Waals surface area contributed by atoms with Gasteiger partial charge in [-0.1, -0.05) is 17.4 Å². The highest BCUT2D eigenvalue weighted by Crippen LogP contribution is 2.38. The molecule has 0 N–H and O–H groups in total. The van der Waals surface area contributed by atoms with Gasteiger partial charge in [0.25, 0.3) is 0 Å². The van der Waals surface area contributed by atoms with Gasteiger partial charge in [-0.15, -0.1) is 0 Å². The maximum absolute atomic E-state index is 13.4. The van der Waals surface area contributed by atoms with E-state index in [-0.39, 0.29) is 11.6 Å². The van der Waals surface area contributed by atoms with Crippen LogP contribution in [0.5, 0.6) is 0 Å². The number of nitrogens with zero attached hydrogens (tertiary/aromatic N) is 2. The van der Waals surface area contributed by atoms with Crippen molar-refractivity contribution < 1.29 is 9.18 Å². The Morgan fingerprint density at radius 2 is 2.26 bits per heavy atom. The third-order valence-electron chi connectivity index (χ3n) is 3.28. The molecule has 1 aliphatic rings. The number of carbonyl (C=O) groups excluding carboxylic acids is 1. The lowest BCUT2D eigenvalue weighted by Gasteiger charge is -2.15. The molecule has 98 valence electrons. The van der Waals surface area contributed by atoms with Gasteiger partial charge in [-0.3, -0.25) is 4.79 Å². The highest BCUT2D eigenvalue weighted by molar-refractivity contribution is 7.17. The van der Waals surface area contributed by atoms with Gasteiger partial charge in [0, 0.05) is 19.2 Å². The van der Waals surface area contributed by atoms with Gasteiger partial charge in [-0.25, -0.2) is 9.37 Å². The Bertz CT molecular complexity index is 665. The molecule has 0 atom stereocenters. The maximum Gasteiger partial charge on any atom is 0.190 e. The molecule has 0 fully saturated rings. The molecule has 2 aromatic rings. The normalized spacial score (nSPS) is 13.7. The lowest BCUT2D eigenvalue weighted by molar-refractivity contribution is 0.102.